The number of likely N-dealkylation sites (tertiary alicyclic amines) is 1. The number of benzene rings is 1. The molecule has 1 aromatic rings. The van der Waals surface area contributed by atoms with Gasteiger partial charge >= 0.3 is 0 Å². The molecule has 0 saturated carbocycles. The molecule has 104 valence electrons. The van der Waals surface area contributed by atoms with Crippen LogP contribution in [0.15, 0.2) is 24.3 Å². The molecule has 19 heavy (non-hydrogen) atoms. The fourth-order valence-electron chi connectivity index (χ4n) is 2.28. The van der Waals surface area contributed by atoms with Crippen molar-refractivity contribution in [3.05, 3.63) is 35.6 Å². The topological polar surface area (TPSA) is 52.6 Å². The molecule has 0 aromatic heterocycles. The summed E-state index contributed by atoms with van der Waals surface area (Å²) >= 11 is 0. The van der Waals surface area contributed by atoms with Gasteiger partial charge in [-0.05, 0) is 31.2 Å². The summed E-state index contributed by atoms with van der Waals surface area (Å²) in [7, 11) is 1.94. The molecule has 0 bridgehead atoms. The van der Waals surface area contributed by atoms with Gasteiger partial charge in [-0.3, -0.25) is 4.79 Å². The maximum absolute atomic E-state index is 12.7. The normalized spacial score (nSPS) is 24.2. The van der Waals surface area contributed by atoms with Gasteiger partial charge in [-0.2, -0.15) is 0 Å². The van der Waals surface area contributed by atoms with E-state index in [1.165, 1.54) is 12.1 Å². The zero-order valence-electron chi connectivity index (χ0n) is 11.0. The third-order valence-corrected chi connectivity index (χ3v) is 3.50. The first-order chi connectivity index (χ1) is 9.06. The third kappa shape index (κ3) is 3.75. The number of aliphatic hydroxyl groups excluding tert-OH is 1. The highest BCUT2D eigenvalue weighted by molar-refractivity contribution is 5.79. The number of hydrogen-bond acceptors (Lipinski definition) is 3. The van der Waals surface area contributed by atoms with Gasteiger partial charge in [-0.1, -0.05) is 12.1 Å². The SMILES string of the molecule is CN1CC[C@@H](O)[C@H](C(=O)NCc2ccc(F)cc2)C1. The van der Waals surface area contributed by atoms with Crippen LogP contribution in [0.5, 0.6) is 0 Å². The van der Waals surface area contributed by atoms with Crippen molar-refractivity contribution < 1.29 is 14.3 Å². The summed E-state index contributed by atoms with van der Waals surface area (Å²) in [6.45, 7) is 1.73. The molecule has 1 fully saturated rings. The standard InChI is InChI=1S/C14H19FN2O2/c1-17-7-6-13(18)12(9-17)14(19)16-8-10-2-4-11(15)5-3-10/h2-5,12-13,18H,6-9H2,1H3,(H,16,19)/t12-,13-/m1/s1. The average molecular weight is 266 g/mol. The van der Waals surface area contributed by atoms with Crippen LogP contribution in [-0.4, -0.2) is 42.2 Å². The van der Waals surface area contributed by atoms with Gasteiger partial charge in [-0.25, -0.2) is 4.39 Å². The Kier molecular flexibility index (Phi) is 4.50. The Morgan fingerprint density at radius 3 is 2.84 bits per heavy atom. The molecular formula is C14H19FN2O2. The van der Waals surface area contributed by atoms with E-state index in [4.69, 9.17) is 0 Å². The van der Waals surface area contributed by atoms with Gasteiger partial charge in [0.2, 0.25) is 5.91 Å². The van der Waals surface area contributed by atoms with Crippen molar-refractivity contribution in [3.8, 4) is 0 Å². The van der Waals surface area contributed by atoms with E-state index in [-0.39, 0.29) is 17.6 Å². The van der Waals surface area contributed by atoms with Crippen molar-refractivity contribution in [2.24, 2.45) is 5.92 Å². The second-order valence-corrected chi connectivity index (χ2v) is 5.07. The second-order valence-electron chi connectivity index (χ2n) is 5.07. The molecule has 1 aliphatic heterocycles. The number of nitrogens with zero attached hydrogens (tertiary/aromatic N) is 1. The largest absolute Gasteiger partial charge is 0.392 e. The van der Waals surface area contributed by atoms with Crippen LogP contribution in [0.4, 0.5) is 4.39 Å². The average Bonchev–Trinajstić information content (AvgIpc) is 2.40. The first-order valence-electron chi connectivity index (χ1n) is 6.45. The predicted molar refractivity (Wildman–Crippen MR) is 69.9 cm³/mol. The summed E-state index contributed by atoms with van der Waals surface area (Å²) in [5.41, 5.74) is 0.841. The summed E-state index contributed by atoms with van der Waals surface area (Å²) < 4.78 is 12.7. The van der Waals surface area contributed by atoms with Crippen LogP contribution in [0, 0.1) is 11.7 Å². The Labute approximate surface area is 112 Å². The fraction of sp³-hybridized carbons (Fsp3) is 0.500. The summed E-state index contributed by atoms with van der Waals surface area (Å²) in [5, 5.41) is 12.6. The molecule has 1 amide bonds. The summed E-state index contributed by atoms with van der Waals surface area (Å²) in [6.07, 6.45) is 0.0370. The first kappa shape index (κ1) is 14.0. The Morgan fingerprint density at radius 2 is 2.16 bits per heavy atom. The van der Waals surface area contributed by atoms with Crippen LogP contribution < -0.4 is 5.32 Å². The highest BCUT2D eigenvalue weighted by Gasteiger charge is 2.31. The van der Waals surface area contributed by atoms with Crippen molar-refractivity contribution in [1.29, 1.82) is 0 Å². The Bertz CT molecular complexity index is 436. The van der Waals surface area contributed by atoms with E-state index in [0.717, 1.165) is 12.1 Å². The zero-order chi connectivity index (χ0) is 13.8. The lowest BCUT2D eigenvalue weighted by molar-refractivity contribution is -0.131. The lowest BCUT2D eigenvalue weighted by atomic mass is 9.94. The highest BCUT2D eigenvalue weighted by atomic mass is 19.1. The Balaban J connectivity index is 1.88. The predicted octanol–water partition coefficient (Wildman–Crippen LogP) is 0.754. The van der Waals surface area contributed by atoms with Gasteiger partial charge in [0.15, 0.2) is 0 Å². The molecule has 1 saturated heterocycles. The van der Waals surface area contributed by atoms with Crippen molar-refractivity contribution in [2.45, 2.75) is 19.1 Å². The number of carbonyl (C=O) groups excluding carboxylic acids is 1. The van der Waals surface area contributed by atoms with E-state index in [2.05, 4.69) is 5.32 Å². The highest BCUT2D eigenvalue weighted by Crippen LogP contribution is 2.16. The van der Waals surface area contributed by atoms with E-state index in [0.29, 0.717) is 19.5 Å². The number of nitrogens with one attached hydrogen (secondary N) is 1. The van der Waals surface area contributed by atoms with Crippen LogP contribution in [0.3, 0.4) is 0 Å². The van der Waals surface area contributed by atoms with E-state index in [1.807, 2.05) is 11.9 Å². The lowest BCUT2D eigenvalue weighted by Gasteiger charge is -2.32. The van der Waals surface area contributed by atoms with Crippen LogP contribution in [0.25, 0.3) is 0 Å². The number of piperidine rings is 1. The van der Waals surface area contributed by atoms with Crippen molar-refractivity contribution in [2.75, 3.05) is 20.1 Å². The lowest BCUT2D eigenvalue weighted by Crippen LogP contribution is -2.48. The van der Waals surface area contributed by atoms with E-state index < -0.39 is 6.10 Å². The minimum absolute atomic E-state index is 0.150. The van der Waals surface area contributed by atoms with Crippen molar-refractivity contribution in [3.63, 3.8) is 0 Å². The molecule has 1 aliphatic rings. The number of aliphatic hydroxyl groups is 1. The van der Waals surface area contributed by atoms with E-state index in [1.54, 1.807) is 12.1 Å². The van der Waals surface area contributed by atoms with Crippen molar-refractivity contribution >= 4 is 5.91 Å². The molecule has 1 aromatic carbocycles. The second kappa shape index (κ2) is 6.12. The smallest absolute Gasteiger partial charge is 0.227 e. The van der Waals surface area contributed by atoms with Gasteiger partial charge in [0.1, 0.15) is 5.82 Å². The Morgan fingerprint density at radius 1 is 1.47 bits per heavy atom. The fourth-order valence-corrected chi connectivity index (χ4v) is 2.28. The summed E-state index contributed by atoms with van der Waals surface area (Å²) in [6, 6.07) is 6.01. The number of rotatable bonds is 3. The van der Waals surface area contributed by atoms with Crippen LogP contribution in [0.1, 0.15) is 12.0 Å². The number of halogens is 1. The van der Waals surface area contributed by atoms with Gasteiger partial charge in [0.05, 0.1) is 12.0 Å². The van der Waals surface area contributed by atoms with E-state index >= 15 is 0 Å². The van der Waals surface area contributed by atoms with Crippen LogP contribution >= 0.6 is 0 Å². The van der Waals surface area contributed by atoms with Gasteiger partial charge in [-0.15, -0.1) is 0 Å². The molecule has 0 unspecified atom stereocenters. The van der Waals surface area contributed by atoms with Crippen LogP contribution in [-0.2, 0) is 11.3 Å². The van der Waals surface area contributed by atoms with Gasteiger partial charge in [0.25, 0.3) is 0 Å². The molecular weight excluding hydrogens is 247 g/mol. The van der Waals surface area contributed by atoms with Gasteiger partial charge < -0.3 is 15.3 Å². The third-order valence-electron chi connectivity index (χ3n) is 3.50. The quantitative estimate of drug-likeness (QED) is 0.849. The molecule has 2 rings (SSSR count). The molecule has 1 heterocycles. The van der Waals surface area contributed by atoms with E-state index in [9.17, 15) is 14.3 Å². The minimum Gasteiger partial charge on any atom is -0.392 e. The summed E-state index contributed by atoms with van der Waals surface area (Å²) in [5.74, 6) is -0.832. The molecule has 0 spiro atoms. The molecule has 2 atom stereocenters. The molecule has 2 N–H and O–H groups in total. The molecule has 0 radical (unpaired) electrons. The number of carbonyl (C=O) groups is 1. The van der Waals surface area contributed by atoms with Crippen molar-refractivity contribution in [1.82, 2.24) is 10.2 Å². The maximum atomic E-state index is 12.7. The number of hydrogen-bond donors (Lipinski definition) is 2. The minimum atomic E-state index is -0.579. The molecule has 0 aliphatic carbocycles. The monoisotopic (exact) mass is 266 g/mol. The zero-order valence-corrected chi connectivity index (χ0v) is 11.0. The van der Waals surface area contributed by atoms with Gasteiger partial charge in [0, 0.05) is 19.6 Å². The molecule has 4 nitrogen and oxygen atoms in total. The summed E-state index contributed by atoms with van der Waals surface area (Å²) in [4.78, 5) is 14.1. The Hall–Kier alpha value is -1.46. The first-order valence-corrected chi connectivity index (χ1v) is 6.45. The van der Waals surface area contributed by atoms with Crippen LogP contribution in [0.2, 0.25) is 0 Å². The maximum Gasteiger partial charge on any atom is 0.227 e. The number of amides is 1. The molecule has 5 heteroatoms.